The summed E-state index contributed by atoms with van der Waals surface area (Å²) in [6.45, 7) is 1.92. The summed E-state index contributed by atoms with van der Waals surface area (Å²) in [6, 6.07) is -0.217. The van der Waals surface area contributed by atoms with E-state index in [0.29, 0.717) is 19.3 Å². The second-order valence-electron chi connectivity index (χ2n) is 5.34. The van der Waals surface area contributed by atoms with E-state index < -0.39 is 11.9 Å². The van der Waals surface area contributed by atoms with Crippen molar-refractivity contribution >= 4 is 11.9 Å². The Balaban J connectivity index is 2.46. The monoisotopic (exact) mass is 271 g/mol. The first-order valence-electron chi connectivity index (χ1n) is 7.09. The summed E-state index contributed by atoms with van der Waals surface area (Å²) in [6.07, 6.45) is 5.50. The van der Waals surface area contributed by atoms with Crippen LogP contribution in [-0.4, -0.2) is 36.2 Å². The Kier molecular flexibility index (Phi) is 6.84. The van der Waals surface area contributed by atoms with Gasteiger partial charge in [-0.1, -0.05) is 19.3 Å². The molecule has 3 atom stereocenters. The number of hydrogen-bond donors (Lipinski definition) is 2. The summed E-state index contributed by atoms with van der Waals surface area (Å²) in [5.41, 5.74) is 0. The van der Waals surface area contributed by atoms with Gasteiger partial charge in [0.2, 0.25) is 5.91 Å². The van der Waals surface area contributed by atoms with Crippen LogP contribution in [0.4, 0.5) is 0 Å². The van der Waals surface area contributed by atoms with Gasteiger partial charge in [0.1, 0.15) is 0 Å². The van der Waals surface area contributed by atoms with Gasteiger partial charge >= 0.3 is 5.97 Å². The van der Waals surface area contributed by atoms with Gasteiger partial charge in [-0.3, -0.25) is 9.59 Å². The van der Waals surface area contributed by atoms with E-state index in [4.69, 9.17) is 4.74 Å². The third-order valence-electron chi connectivity index (χ3n) is 3.86. The summed E-state index contributed by atoms with van der Waals surface area (Å²) in [5, 5.41) is 12.1. The molecule has 0 saturated heterocycles. The van der Waals surface area contributed by atoms with Crippen LogP contribution in [0.25, 0.3) is 0 Å². The second kappa shape index (κ2) is 8.15. The van der Waals surface area contributed by atoms with Crippen LogP contribution in [0.1, 0.15) is 51.9 Å². The van der Waals surface area contributed by atoms with Gasteiger partial charge in [-0.05, 0) is 26.2 Å². The Morgan fingerprint density at radius 2 is 2.00 bits per heavy atom. The van der Waals surface area contributed by atoms with Crippen molar-refractivity contribution in [2.75, 3.05) is 7.11 Å². The Morgan fingerprint density at radius 1 is 1.32 bits per heavy atom. The molecule has 1 aliphatic rings. The van der Waals surface area contributed by atoms with Crippen LogP contribution in [0.3, 0.4) is 0 Å². The molecule has 0 spiro atoms. The number of ether oxygens (including phenoxy) is 1. The van der Waals surface area contributed by atoms with Crippen molar-refractivity contribution in [3.8, 4) is 0 Å². The maximum absolute atomic E-state index is 11.9. The number of amides is 1. The lowest BCUT2D eigenvalue weighted by atomic mass is 9.94. The number of carboxylic acid groups (broad SMARTS) is 1. The lowest BCUT2D eigenvalue weighted by molar-refractivity contribution is -0.143. The van der Waals surface area contributed by atoms with Gasteiger partial charge in [0.05, 0.1) is 12.0 Å². The van der Waals surface area contributed by atoms with Crippen LogP contribution >= 0.6 is 0 Å². The minimum absolute atomic E-state index is 0.0511. The third-order valence-corrected chi connectivity index (χ3v) is 3.86. The Morgan fingerprint density at radius 3 is 2.63 bits per heavy atom. The first-order chi connectivity index (χ1) is 9.04. The molecule has 0 heterocycles. The molecule has 1 saturated carbocycles. The SMILES string of the molecule is COC(C)CCC(=O)NC1CCCCCC1C(=O)O. The summed E-state index contributed by atoms with van der Waals surface area (Å²) < 4.78 is 5.10. The van der Waals surface area contributed by atoms with Crippen molar-refractivity contribution in [3.63, 3.8) is 0 Å². The Bertz CT molecular complexity index is 306. The Hall–Kier alpha value is -1.10. The molecule has 0 aromatic heterocycles. The number of methoxy groups -OCH3 is 1. The number of hydrogen-bond acceptors (Lipinski definition) is 3. The normalized spacial score (nSPS) is 25.4. The zero-order valence-electron chi connectivity index (χ0n) is 11.9. The standard InChI is InChI=1S/C14H25NO4/c1-10(19-2)8-9-13(16)15-12-7-5-3-4-6-11(12)14(17)18/h10-12H,3-9H2,1-2H3,(H,15,16)(H,17,18). The maximum atomic E-state index is 11.9. The van der Waals surface area contributed by atoms with Crippen LogP contribution in [0.5, 0.6) is 0 Å². The lowest BCUT2D eigenvalue weighted by Crippen LogP contribution is -2.42. The summed E-state index contributed by atoms with van der Waals surface area (Å²) >= 11 is 0. The van der Waals surface area contributed by atoms with E-state index in [1.165, 1.54) is 0 Å². The van der Waals surface area contributed by atoms with Crippen LogP contribution in [0.2, 0.25) is 0 Å². The highest BCUT2D eigenvalue weighted by atomic mass is 16.5. The van der Waals surface area contributed by atoms with Crippen molar-refractivity contribution in [2.24, 2.45) is 5.92 Å². The van der Waals surface area contributed by atoms with E-state index >= 15 is 0 Å². The van der Waals surface area contributed by atoms with E-state index in [9.17, 15) is 14.7 Å². The number of nitrogens with one attached hydrogen (secondary N) is 1. The topological polar surface area (TPSA) is 75.6 Å². The Labute approximate surface area is 114 Å². The average molecular weight is 271 g/mol. The highest BCUT2D eigenvalue weighted by Crippen LogP contribution is 2.24. The highest BCUT2D eigenvalue weighted by Gasteiger charge is 2.30. The zero-order valence-corrected chi connectivity index (χ0v) is 11.9. The molecule has 110 valence electrons. The molecular formula is C14H25NO4. The van der Waals surface area contributed by atoms with E-state index in [1.807, 2.05) is 6.92 Å². The molecule has 5 nitrogen and oxygen atoms in total. The van der Waals surface area contributed by atoms with Crippen LogP contribution < -0.4 is 5.32 Å². The smallest absolute Gasteiger partial charge is 0.308 e. The van der Waals surface area contributed by atoms with Gasteiger partial charge in [-0.25, -0.2) is 0 Å². The number of carboxylic acids is 1. The molecule has 1 rings (SSSR count). The molecule has 0 aliphatic heterocycles. The fourth-order valence-corrected chi connectivity index (χ4v) is 2.51. The molecule has 0 radical (unpaired) electrons. The van der Waals surface area contributed by atoms with Crippen molar-refractivity contribution in [3.05, 3.63) is 0 Å². The molecule has 2 N–H and O–H groups in total. The van der Waals surface area contributed by atoms with E-state index in [-0.39, 0.29) is 18.1 Å². The number of carbonyl (C=O) groups excluding carboxylic acids is 1. The molecule has 0 aromatic rings. The molecule has 1 fully saturated rings. The fourth-order valence-electron chi connectivity index (χ4n) is 2.51. The predicted molar refractivity (Wildman–Crippen MR) is 71.8 cm³/mol. The van der Waals surface area contributed by atoms with Crippen LogP contribution in [-0.2, 0) is 14.3 Å². The van der Waals surface area contributed by atoms with Crippen molar-refractivity contribution in [2.45, 2.75) is 64.0 Å². The van der Waals surface area contributed by atoms with Gasteiger partial charge in [-0.15, -0.1) is 0 Å². The number of carbonyl (C=O) groups is 2. The summed E-state index contributed by atoms with van der Waals surface area (Å²) in [4.78, 5) is 23.1. The van der Waals surface area contributed by atoms with Crippen molar-refractivity contribution in [1.29, 1.82) is 0 Å². The fraction of sp³-hybridized carbons (Fsp3) is 0.857. The first kappa shape index (κ1) is 16.0. The molecule has 1 aliphatic carbocycles. The van der Waals surface area contributed by atoms with Gasteiger partial charge in [-0.2, -0.15) is 0 Å². The molecule has 1 amide bonds. The average Bonchev–Trinajstić information content (AvgIpc) is 2.61. The lowest BCUT2D eigenvalue weighted by Gasteiger charge is -2.23. The number of aliphatic carboxylic acids is 1. The minimum Gasteiger partial charge on any atom is -0.481 e. The van der Waals surface area contributed by atoms with Gasteiger partial charge in [0, 0.05) is 19.6 Å². The zero-order chi connectivity index (χ0) is 14.3. The van der Waals surface area contributed by atoms with Gasteiger partial charge < -0.3 is 15.2 Å². The molecule has 0 bridgehead atoms. The quantitative estimate of drug-likeness (QED) is 0.724. The molecule has 3 unspecified atom stereocenters. The maximum Gasteiger partial charge on any atom is 0.308 e. The van der Waals surface area contributed by atoms with E-state index in [2.05, 4.69) is 5.32 Å². The second-order valence-corrected chi connectivity index (χ2v) is 5.34. The van der Waals surface area contributed by atoms with Crippen molar-refractivity contribution < 1.29 is 19.4 Å². The van der Waals surface area contributed by atoms with Gasteiger partial charge in [0.15, 0.2) is 0 Å². The molecule has 19 heavy (non-hydrogen) atoms. The van der Waals surface area contributed by atoms with Crippen LogP contribution in [0.15, 0.2) is 0 Å². The molecule has 5 heteroatoms. The highest BCUT2D eigenvalue weighted by molar-refractivity contribution is 5.78. The molecular weight excluding hydrogens is 246 g/mol. The van der Waals surface area contributed by atoms with E-state index in [0.717, 1.165) is 25.7 Å². The predicted octanol–water partition coefficient (Wildman–Crippen LogP) is 1.95. The van der Waals surface area contributed by atoms with Crippen LogP contribution in [0, 0.1) is 5.92 Å². The van der Waals surface area contributed by atoms with Gasteiger partial charge in [0.25, 0.3) is 0 Å². The van der Waals surface area contributed by atoms with Crippen molar-refractivity contribution in [1.82, 2.24) is 5.32 Å². The summed E-state index contributed by atoms with van der Waals surface area (Å²) in [7, 11) is 1.62. The van der Waals surface area contributed by atoms with E-state index in [1.54, 1.807) is 7.11 Å². The number of rotatable bonds is 6. The first-order valence-corrected chi connectivity index (χ1v) is 7.09. The summed E-state index contributed by atoms with van der Waals surface area (Å²) in [5.74, 6) is -1.30. The molecule has 0 aromatic carbocycles. The largest absolute Gasteiger partial charge is 0.481 e. The minimum atomic E-state index is -0.794. The third kappa shape index (κ3) is 5.59.